The van der Waals surface area contributed by atoms with Crippen molar-refractivity contribution >= 4 is 33.2 Å². The summed E-state index contributed by atoms with van der Waals surface area (Å²) in [5.41, 5.74) is 2.39. The Balaban J connectivity index is 1.78. The van der Waals surface area contributed by atoms with Crippen LogP contribution in [-0.4, -0.2) is 33.2 Å². The zero-order chi connectivity index (χ0) is 18.9. The Kier molecular flexibility index (Phi) is 5.11. The van der Waals surface area contributed by atoms with Gasteiger partial charge in [-0.1, -0.05) is 41.4 Å². The Hall–Kier alpha value is -2.25. The van der Waals surface area contributed by atoms with Gasteiger partial charge >= 0.3 is 0 Å². The molecule has 0 saturated heterocycles. The molecular weight excluding hydrogens is 376 g/mol. The second kappa shape index (κ2) is 7.17. The topological polar surface area (TPSA) is 75.7 Å². The number of amides is 1. The Labute approximate surface area is 157 Å². The number of carbonyl (C=O) groups excluding carboxylic acids is 1. The number of rotatable bonds is 4. The van der Waals surface area contributed by atoms with Gasteiger partial charge < -0.3 is 10.1 Å². The molecule has 6 nitrogen and oxygen atoms in total. The van der Waals surface area contributed by atoms with Crippen LogP contribution in [0.1, 0.15) is 11.1 Å². The summed E-state index contributed by atoms with van der Waals surface area (Å²) in [7, 11) is -3.58. The molecule has 26 heavy (non-hydrogen) atoms. The lowest BCUT2D eigenvalue weighted by molar-refractivity contribution is -0.127. The van der Waals surface area contributed by atoms with Crippen LogP contribution in [0.25, 0.3) is 0 Å². The van der Waals surface area contributed by atoms with Gasteiger partial charge in [0.25, 0.3) is 5.91 Å². The molecule has 1 amide bonds. The molecule has 1 N–H and O–H groups in total. The maximum absolute atomic E-state index is 12.5. The quantitative estimate of drug-likeness (QED) is 0.864. The summed E-state index contributed by atoms with van der Waals surface area (Å²) in [5, 5.41) is 3.19. The summed E-state index contributed by atoms with van der Waals surface area (Å²) in [5.74, 6) is -0.0671. The second-order valence-corrected chi connectivity index (χ2v) is 8.56. The van der Waals surface area contributed by atoms with E-state index in [1.54, 1.807) is 12.1 Å². The van der Waals surface area contributed by atoms with Crippen molar-refractivity contribution in [3.8, 4) is 5.75 Å². The molecule has 0 saturated carbocycles. The molecule has 3 rings (SSSR count). The molecule has 0 fully saturated rings. The van der Waals surface area contributed by atoms with Crippen molar-refractivity contribution < 1.29 is 17.9 Å². The van der Waals surface area contributed by atoms with Crippen molar-refractivity contribution in [1.29, 1.82) is 0 Å². The van der Waals surface area contributed by atoms with Crippen LogP contribution in [0.5, 0.6) is 5.75 Å². The van der Waals surface area contributed by atoms with Gasteiger partial charge in [0.15, 0.2) is 6.10 Å². The maximum atomic E-state index is 12.5. The number of fused-ring (bicyclic) bond motifs is 1. The minimum absolute atomic E-state index is 0.105. The van der Waals surface area contributed by atoms with Gasteiger partial charge in [0.2, 0.25) is 10.0 Å². The fourth-order valence-corrected chi connectivity index (χ4v) is 3.87. The van der Waals surface area contributed by atoms with Gasteiger partial charge in [-0.2, -0.15) is 0 Å². The van der Waals surface area contributed by atoms with Crippen molar-refractivity contribution in [2.75, 3.05) is 17.1 Å². The lowest BCUT2D eigenvalue weighted by Gasteiger charge is -2.34. The molecule has 0 radical (unpaired) electrons. The van der Waals surface area contributed by atoms with E-state index in [-0.39, 0.29) is 12.5 Å². The third kappa shape index (κ3) is 4.11. The summed E-state index contributed by atoms with van der Waals surface area (Å²) in [6.45, 7) is 2.21. The van der Waals surface area contributed by atoms with Gasteiger partial charge in [-0.15, -0.1) is 0 Å². The van der Waals surface area contributed by atoms with Crippen LogP contribution in [0.15, 0.2) is 42.5 Å². The van der Waals surface area contributed by atoms with Crippen molar-refractivity contribution in [3.05, 3.63) is 58.6 Å². The van der Waals surface area contributed by atoms with Crippen LogP contribution in [0.3, 0.4) is 0 Å². The average Bonchev–Trinajstić information content (AvgIpc) is 2.58. The first-order valence-electron chi connectivity index (χ1n) is 8.01. The van der Waals surface area contributed by atoms with E-state index >= 15 is 0 Å². The molecule has 1 aliphatic heterocycles. The molecule has 1 heterocycles. The average molecular weight is 395 g/mol. The lowest BCUT2D eigenvalue weighted by atomic mass is 10.1. The zero-order valence-corrected chi connectivity index (χ0v) is 16.0. The molecule has 1 aliphatic rings. The number of nitrogens with zero attached hydrogens (tertiary/aromatic N) is 1. The van der Waals surface area contributed by atoms with Gasteiger partial charge in [-0.3, -0.25) is 9.10 Å². The number of benzene rings is 2. The van der Waals surface area contributed by atoms with E-state index in [4.69, 9.17) is 16.3 Å². The highest BCUT2D eigenvalue weighted by atomic mass is 35.5. The molecule has 1 atom stereocenters. The number of sulfonamides is 1. The molecule has 2 aromatic rings. The van der Waals surface area contributed by atoms with Gasteiger partial charge in [0, 0.05) is 11.6 Å². The highest BCUT2D eigenvalue weighted by Crippen LogP contribution is 2.37. The molecule has 2 aromatic carbocycles. The fourth-order valence-electron chi connectivity index (χ4n) is 2.80. The third-order valence-corrected chi connectivity index (χ3v) is 5.41. The second-order valence-electron chi connectivity index (χ2n) is 6.22. The smallest absolute Gasteiger partial charge is 0.263 e. The number of aryl methyl sites for hydroxylation is 1. The van der Waals surface area contributed by atoms with E-state index in [0.29, 0.717) is 23.0 Å². The molecule has 0 spiro atoms. The summed E-state index contributed by atoms with van der Waals surface area (Å²) in [4.78, 5) is 12.5. The largest absolute Gasteiger partial charge is 0.476 e. The van der Waals surface area contributed by atoms with Crippen molar-refractivity contribution in [2.24, 2.45) is 0 Å². The van der Waals surface area contributed by atoms with Crippen LogP contribution < -0.4 is 14.4 Å². The molecule has 0 aromatic heterocycles. The molecule has 138 valence electrons. The van der Waals surface area contributed by atoms with E-state index in [2.05, 4.69) is 5.32 Å². The van der Waals surface area contributed by atoms with Gasteiger partial charge in [0.1, 0.15) is 5.75 Å². The molecule has 0 bridgehead atoms. The first kappa shape index (κ1) is 18.5. The Morgan fingerprint density at radius 1 is 1.31 bits per heavy atom. The van der Waals surface area contributed by atoms with E-state index in [1.807, 2.05) is 31.2 Å². The number of carbonyl (C=O) groups is 1. The molecule has 0 aliphatic carbocycles. The molecule has 8 heteroatoms. The first-order chi connectivity index (χ1) is 12.2. The van der Waals surface area contributed by atoms with Gasteiger partial charge in [-0.05, 0) is 30.7 Å². The summed E-state index contributed by atoms with van der Waals surface area (Å²) in [6, 6.07) is 12.4. The predicted molar refractivity (Wildman–Crippen MR) is 101 cm³/mol. The van der Waals surface area contributed by atoms with Crippen LogP contribution >= 0.6 is 11.6 Å². The minimum Gasteiger partial charge on any atom is -0.476 e. The van der Waals surface area contributed by atoms with Crippen LogP contribution in [-0.2, 0) is 21.4 Å². The SMILES string of the molecule is Cc1cccc(CNC(=O)C2CN(S(C)(=O)=O)c3cc(Cl)ccc3O2)c1. The van der Waals surface area contributed by atoms with E-state index in [9.17, 15) is 13.2 Å². The van der Waals surface area contributed by atoms with Crippen molar-refractivity contribution in [1.82, 2.24) is 5.32 Å². The first-order valence-corrected chi connectivity index (χ1v) is 10.2. The van der Waals surface area contributed by atoms with Crippen molar-refractivity contribution in [2.45, 2.75) is 19.6 Å². The Bertz CT molecular complexity index is 946. The minimum atomic E-state index is -3.58. The van der Waals surface area contributed by atoms with E-state index in [0.717, 1.165) is 21.7 Å². The van der Waals surface area contributed by atoms with Gasteiger partial charge in [-0.25, -0.2) is 8.42 Å². The maximum Gasteiger partial charge on any atom is 0.263 e. The third-order valence-electron chi connectivity index (χ3n) is 4.03. The number of hydrogen-bond donors (Lipinski definition) is 1. The van der Waals surface area contributed by atoms with Crippen LogP contribution in [0.4, 0.5) is 5.69 Å². The van der Waals surface area contributed by atoms with Gasteiger partial charge in [0.05, 0.1) is 18.5 Å². The summed E-state index contributed by atoms with van der Waals surface area (Å²) in [6.07, 6.45) is 0.147. The molecular formula is C18H19ClN2O4S. The Morgan fingerprint density at radius 3 is 2.77 bits per heavy atom. The number of ether oxygens (including phenoxy) is 1. The highest BCUT2D eigenvalue weighted by Gasteiger charge is 2.35. The zero-order valence-electron chi connectivity index (χ0n) is 14.4. The summed E-state index contributed by atoms with van der Waals surface area (Å²) < 4.78 is 31.1. The summed E-state index contributed by atoms with van der Waals surface area (Å²) >= 11 is 5.96. The van der Waals surface area contributed by atoms with Crippen molar-refractivity contribution in [3.63, 3.8) is 0 Å². The normalized spacial score (nSPS) is 16.6. The predicted octanol–water partition coefficient (Wildman–Crippen LogP) is 2.49. The fraction of sp³-hybridized carbons (Fsp3) is 0.278. The van der Waals surface area contributed by atoms with Crippen LogP contribution in [0.2, 0.25) is 5.02 Å². The van der Waals surface area contributed by atoms with Crippen LogP contribution in [0, 0.1) is 6.92 Å². The van der Waals surface area contributed by atoms with E-state index < -0.39 is 16.1 Å². The molecule has 1 unspecified atom stereocenters. The standard InChI is InChI=1S/C18H19ClN2O4S/c1-12-4-3-5-13(8-12)10-20-18(22)17-11-21(26(2,23)24)15-9-14(19)6-7-16(15)25-17/h3-9,17H,10-11H2,1-2H3,(H,20,22). The number of nitrogens with one attached hydrogen (secondary N) is 1. The number of halogens is 1. The monoisotopic (exact) mass is 394 g/mol. The highest BCUT2D eigenvalue weighted by molar-refractivity contribution is 7.92. The van der Waals surface area contributed by atoms with E-state index in [1.165, 1.54) is 6.07 Å². The Morgan fingerprint density at radius 2 is 2.08 bits per heavy atom. The number of hydrogen-bond acceptors (Lipinski definition) is 4. The lowest BCUT2D eigenvalue weighted by Crippen LogP contribution is -2.50. The number of anilines is 1.